The monoisotopic (exact) mass is 555 g/mol. The average Bonchev–Trinajstić information content (AvgIpc) is 2.73. The van der Waals surface area contributed by atoms with E-state index in [1.165, 1.54) is 33.5 Å². The van der Waals surface area contributed by atoms with Crippen LogP contribution in [0.5, 0.6) is 23.0 Å². The lowest BCUT2D eigenvalue weighted by molar-refractivity contribution is -0.274. The van der Waals surface area contributed by atoms with E-state index in [1.807, 2.05) is 0 Å². The number of nitrogens with one attached hydrogen (secondary N) is 2. The highest BCUT2D eigenvalue weighted by Gasteiger charge is 2.31. The molecule has 0 atom stereocenters. The highest BCUT2D eigenvalue weighted by atomic mass is 127. The molecule has 2 aromatic carbocycles. The van der Waals surface area contributed by atoms with Crippen molar-refractivity contribution >= 4 is 29.9 Å². The fourth-order valence-electron chi connectivity index (χ4n) is 2.68. The van der Waals surface area contributed by atoms with Crippen molar-refractivity contribution < 1.29 is 32.1 Å². The molecule has 0 spiro atoms. The number of aliphatic imine (C=N–C) groups is 1. The van der Waals surface area contributed by atoms with Gasteiger partial charge in [0.05, 0.1) is 21.3 Å². The number of hydrogen-bond donors (Lipinski definition) is 2. The molecule has 0 unspecified atom stereocenters. The number of guanidine groups is 1. The van der Waals surface area contributed by atoms with Gasteiger partial charge in [0.2, 0.25) is 0 Å². The summed E-state index contributed by atoms with van der Waals surface area (Å²) in [4.78, 5) is 4.09. The minimum Gasteiger partial charge on any atom is -0.496 e. The minimum atomic E-state index is -4.76. The number of ether oxygens (including phenoxy) is 4. The van der Waals surface area contributed by atoms with Crippen LogP contribution < -0.4 is 29.6 Å². The number of nitrogens with zero attached hydrogens (tertiary/aromatic N) is 1. The Morgan fingerprint density at radius 3 is 1.94 bits per heavy atom. The Hall–Kier alpha value is -2.57. The molecule has 2 aromatic rings. The van der Waals surface area contributed by atoms with E-state index < -0.39 is 6.36 Å². The molecule has 0 aliphatic rings. The highest BCUT2D eigenvalue weighted by molar-refractivity contribution is 14.0. The molecule has 2 N–H and O–H groups in total. The second-order valence-corrected chi connectivity index (χ2v) is 5.95. The van der Waals surface area contributed by atoms with Gasteiger partial charge in [-0.1, -0.05) is 18.2 Å². The summed E-state index contributed by atoms with van der Waals surface area (Å²) < 4.78 is 57.7. The highest BCUT2D eigenvalue weighted by Crippen LogP contribution is 2.34. The van der Waals surface area contributed by atoms with Crippen LogP contribution in [0.15, 0.2) is 41.4 Å². The van der Waals surface area contributed by atoms with E-state index in [1.54, 1.807) is 31.3 Å². The lowest BCUT2D eigenvalue weighted by Gasteiger charge is -2.17. The Labute approximate surface area is 195 Å². The Morgan fingerprint density at radius 2 is 1.39 bits per heavy atom. The van der Waals surface area contributed by atoms with Crippen LogP contribution in [0.2, 0.25) is 0 Å². The number of para-hydroxylation sites is 1. The van der Waals surface area contributed by atoms with E-state index in [4.69, 9.17) is 14.2 Å². The van der Waals surface area contributed by atoms with Crippen molar-refractivity contribution in [3.63, 3.8) is 0 Å². The molecule has 0 aliphatic carbocycles. The van der Waals surface area contributed by atoms with Crippen LogP contribution in [0.25, 0.3) is 0 Å². The van der Waals surface area contributed by atoms with E-state index in [-0.39, 0.29) is 36.3 Å². The molecule has 0 heterocycles. The van der Waals surface area contributed by atoms with Crippen LogP contribution in [0.1, 0.15) is 11.1 Å². The average molecular weight is 555 g/mol. The number of alkyl halides is 3. The third-order valence-electron chi connectivity index (χ3n) is 4.10. The van der Waals surface area contributed by atoms with Crippen LogP contribution in [-0.2, 0) is 13.1 Å². The Bertz CT molecular complexity index is 879. The van der Waals surface area contributed by atoms with Gasteiger partial charge in [-0.05, 0) is 12.1 Å². The molecule has 2 rings (SSSR count). The molecule has 31 heavy (non-hydrogen) atoms. The van der Waals surface area contributed by atoms with Gasteiger partial charge in [0.1, 0.15) is 11.5 Å². The number of halogens is 4. The maximum atomic E-state index is 12.6. The Balaban J connectivity index is 0.00000480. The number of hydrogen-bond acceptors (Lipinski definition) is 5. The summed E-state index contributed by atoms with van der Waals surface area (Å²) in [6.45, 7) is 0.402. The first-order chi connectivity index (χ1) is 14.3. The van der Waals surface area contributed by atoms with Crippen LogP contribution in [0, 0.1) is 0 Å². The summed E-state index contributed by atoms with van der Waals surface area (Å²) in [5.74, 6) is 1.76. The smallest absolute Gasteiger partial charge is 0.496 e. The second-order valence-electron chi connectivity index (χ2n) is 5.95. The van der Waals surface area contributed by atoms with E-state index in [0.717, 1.165) is 5.56 Å². The maximum absolute atomic E-state index is 12.6. The first-order valence-electron chi connectivity index (χ1n) is 8.88. The molecule has 0 saturated heterocycles. The van der Waals surface area contributed by atoms with E-state index in [9.17, 15) is 13.2 Å². The second kappa shape index (κ2) is 12.3. The number of rotatable bonds is 8. The van der Waals surface area contributed by atoms with Crippen LogP contribution >= 0.6 is 24.0 Å². The van der Waals surface area contributed by atoms with Gasteiger partial charge in [-0.3, -0.25) is 4.99 Å². The third kappa shape index (κ3) is 7.89. The van der Waals surface area contributed by atoms with E-state index in [2.05, 4.69) is 20.4 Å². The Morgan fingerprint density at radius 1 is 0.839 bits per heavy atom. The standard InChI is InChI=1S/C20H24F3N3O4.HI/c1-24-19(25-11-13-7-5-6-8-15(13)30-20(21,22)23)26-12-14-9-17(28-3)18(29-4)10-16(14)27-2;/h5-10H,11-12H2,1-4H3,(H2,24,25,26);1H. The summed E-state index contributed by atoms with van der Waals surface area (Å²) in [6.07, 6.45) is -4.76. The van der Waals surface area contributed by atoms with Crippen molar-refractivity contribution in [2.24, 2.45) is 4.99 Å². The molecule has 0 aromatic heterocycles. The number of benzene rings is 2. The molecule has 0 aliphatic heterocycles. The van der Waals surface area contributed by atoms with Crippen molar-refractivity contribution in [3.05, 3.63) is 47.5 Å². The first kappa shape index (κ1) is 26.5. The van der Waals surface area contributed by atoms with Gasteiger partial charge >= 0.3 is 6.36 Å². The van der Waals surface area contributed by atoms with Crippen molar-refractivity contribution in [2.75, 3.05) is 28.4 Å². The topological polar surface area (TPSA) is 73.3 Å². The fraction of sp³-hybridized carbons (Fsp3) is 0.350. The van der Waals surface area contributed by atoms with Gasteiger partial charge in [0.25, 0.3) is 0 Å². The molecule has 0 radical (unpaired) electrons. The van der Waals surface area contributed by atoms with Crippen LogP contribution in [0.4, 0.5) is 13.2 Å². The Kier molecular flexibility index (Phi) is 10.5. The molecule has 172 valence electrons. The lowest BCUT2D eigenvalue weighted by atomic mass is 10.1. The molecule has 0 saturated carbocycles. The SMILES string of the molecule is CN=C(NCc1cc(OC)c(OC)cc1OC)NCc1ccccc1OC(F)(F)F.I. The normalized spacial score (nSPS) is 11.3. The van der Waals surface area contributed by atoms with Crippen molar-refractivity contribution in [1.82, 2.24) is 10.6 Å². The van der Waals surface area contributed by atoms with Gasteiger partial charge in [0.15, 0.2) is 17.5 Å². The summed E-state index contributed by atoms with van der Waals surface area (Å²) in [7, 11) is 6.15. The zero-order valence-electron chi connectivity index (χ0n) is 17.5. The molecular formula is C20H25F3IN3O4. The summed E-state index contributed by atoms with van der Waals surface area (Å²) in [5, 5.41) is 6.05. The summed E-state index contributed by atoms with van der Waals surface area (Å²) in [5.41, 5.74) is 1.11. The zero-order chi connectivity index (χ0) is 22.1. The van der Waals surface area contributed by atoms with Gasteiger partial charge in [-0.2, -0.15) is 0 Å². The molecule has 0 bridgehead atoms. The van der Waals surface area contributed by atoms with Crippen LogP contribution in [-0.4, -0.2) is 40.7 Å². The molecule has 11 heteroatoms. The van der Waals surface area contributed by atoms with Crippen LogP contribution in [0.3, 0.4) is 0 Å². The van der Waals surface area contributed by atoms with Gasteiger partial charge in [-0.25, -0.2) is 0 Å². The molecule has 0 fully saturated rings. The van der Waals surface area contributed by atoms with Crippen molar-refractivity contribution in [2.45, 2.75) is 19.5 Å². The zero-order valence-corrected chi connectivity index (χ0v) is 19.8. The first-order valence-corrected chi connectivity index (χ1v) is 8.88. The molecular weight excluding hydrogens is 530 g/mol. The van der Waals surface area contributed by atoms with Gasteiger partial charge < -0.3 is 29.6 Å². The predicted octanol–water partition coefficient (Wildman–Crippen LogP) is 4.09. The van der Waals surface area contributed by atoms with Crippen molar-refractivity contribution in [3.8, 4) is 23.0 Å². The van der Waals surface area contributed by atoms with E-state index in [0.29, 0.717) is 35.3 Å². The van der Waals surface area contributed by atoms with Gasteiger partial charge in [-0.15, -0.1) is 37.1 Å². The quantitative estimate of drug-likeness (QED) is 0.291. The molecule has 7 nitrogen and oxygen atoms in total. The minimum absolute atomic E-state index is 0. The van der Waals surface area contributed by atoms with Gasteiger partial charge in [0, 0.05) is 37.3 Å². The fourth-order valence-corrected chi connectivity index (χ4v) is 2.68. The number of methoxy groups -OCH3 is 3. The third-order valence-corrected chi connectivity index (χ3v) is 4.10. The molecule has 0 amide bonds. The van der Waals surface area contributed by atoms with E-state index >= 15 is 0 Å². The summed E-state index contributed by atoms with van der Waals surface area (Å²) in [6, 6.07) is 9.38. The lowest BCUT2D eigenvalue weighted by Crippen LogP contribution is -2.36. The largest absolute Gasteiger partial charge is 0.573 e. The van der Waals surface area contributed by atoms with Crippen molar-refractivity contribution in [1.29, 1.82) is 0 Å². The predicted molar refractivity (Wildman–Crippen MR) is 122 cm³/mol. The maximum Gasteiger partial charge on any atom is 0.573 e. The summed E-state index contributed by atoms with van der Waals surface area (Å²) >= 11 is 0.